The molecule has 2 rings (SSSR count). The van der Waals surface area contributed by atoms with E-state index in [-0.39, 0.29) is 12.5 Å². The zero-order chi connectivity index (χ0) is 18.2. The number of benzene rings is 2. The zero-order valence-electron chi connectivity index (χ0n) is 14.5. The largest absolute Gasteiger partial charge is 0.493 e. The summed E-state index contributed by atoms with van der Waals surface area (Å²) in [4.78, 5) is 25.7. The Bertz CT molecular complexity index is 717. The van der Waals surface area contributed by atoms with Gasteiger partial charge in [-0.25, -0.2) is 4.79 Å². The fourth-order valence-corrected chi connectivity index (χ4v) is 2.21. The molecule has 0 heterocycles. The number of anilines is 1. The van der Waals surface area contributed by atoms with Gasteiger partial charge in [-0.2, -0.15) is 0 Å². The number of carbonyl (C=O) groups is 2. The second-order valence-corrected chi connectivity index (χ2v) is 5.30. The first-order valence-electron chi connectivity index (χ1n) is 7.81. The van der Waals surface area contributed by atoms with Gasteiger partial charge in [-0.1, -0.05) is 30.3 Å². The topological polar surface area (TPSA) is 65.1 Å². The summed E-state index contributed by atoms with van der Waals surface area (Å²) in [6.45, 7) is 1.22. The fourth-order valence-electron chi connectivity index (χ4n) is 2.21. The van der Waals surface area contributed by atoms with Crippen molar-refractivity contribution < 1.29 is 23.8 Å². The molecule has 0 fully saturated rings. The van der Waals surface area contributed by atoms with Gasteiger partial charge in [-0.05, 0) is 31.2 Å². The van der Waals surface area contributed by atoms with Gasteiger partial charge in [0.15, 0.2) is 24.2 Å². The lowest BCUT2D eigenvalue weighted by atomic mass is 10.2. The van der Waals surface area contributed by atoms with E-state index < -0.39 is 12.1 Å². The van der Waals surface area contributed by atoms with Crippen molar-refractivity contribution in [1.29, 1.82) is 0 Å². The van der Waals surface area contributed by atoms with Crippen LogP contribution in [0.25, 0.3) is 0 Å². The van der Waals surface area contributed by atoms with Crippen LogP contribution in [0.15, 0.2) is 54.6 Å². The standard InChI is InChI=1S/C19H21NO5/c1-14(19(22)20(2)15-9-5-4-6-10-15)25-18(21)13-24-17-12-8-7-11-16(17)23-3/h4-12,14H,13H2,1-3H3. The number of ether oxygens (including phenoxy) is 3. The van der Waals surface area contributed by atoms with Gasteiger partial charge in [0, 0.05) is 12.7 Å². The number of amides is 1. The van der Waals surface area contributed by atoms with Crippen molar-refractivity contribution in [3.8, 4) is 11.5 Å². The second kappa shape index (κ2) is 8.73. The summed E-state index contributed by atoms with van der Waals surface area (Å²) in [5, 5.41) is 0. The number of likely N-dealkylation sites (N-methyl/N-ethyl adjacent to an activating group) is 1. The highest BCUT2D eigenvalue weighted by molar-refractivity contribution is 5.96. The molecule has 2 aromatic carbocycles. The predicted molar refractivity (Wildman–Crippen MR) is 93.9 cm³/mol. The van der Waals surface area contributed by atoms with Crippen LogP contribution in [-0.2, 0) is 14.3 Å². The molecule has 132 valence electrons. The third kappa shape index (κ3) is 4.97. The number of carbonyl (C=O) groups excluding carboxylic acids is 2. The fraction of sp³-hybridized carbons (Fsp3) is 0.263. The number of hydrogen-bond acceptors (Lipinski definition) is 5. The Hall–Kier alpha value is -3.02. The summed E-state index contributed by atoms with van der Waals surface area (Å²) >= 11 is 0. The van der Waals surface area contributed by atoms with Crippen LogP contribution in [0, 0.1) is 0 Å². The van der Waals surface area contributed by atoms with Crippen LogP contribution >= 0.6 is 0 Å². The lowest BCUT2D eigenvalue weighted by molar-refractivity contribution is -0.155. The van der Waals surface area contributed by atoms with E-state index in [1.54, 1.807) is 43.4 Å². The quantitative estimate of drug-likeness (QED) is 0.723. The van der Waals surface area contributed by atoms with E-state index in [0.29, 0.717) is 11.5 Å². The van der Waals surface area contributed by atoms with Gasteiger partial charge in [0.2, 0.25) is 0 Å². The average Bonchev–Trinajstić information content (AvgIpc) is 2.66. The van der Waals surface area contributed by atoms with Gasteiger partial charge in [0.25, 0.3) is 5.91 Å². The predicted octanol–water partition coefficient (Wildman–Crippen LogP) is 2.67. The van der Waals surface area contributed by atoms with E-state index in [0.717, 1.165) is 5.69 Å². The normalized spacial score (nSPS) is 11.3. The Balaban J connectivity index is 1.88. The van der Waals surface area contributed by atoms with Crippen molar-refractivity contribution >= 4 is 17.6 Å². The molecule has 0 aliphatic carbocycles. The monoisotopic (exact) mass is 343 g/mol. The van der Waals surface area contributed by atoms with E-state index >= 15 is 0 Å². The Labute approximate surface area is 146 Å². The maximum atomic E-state index is 12.3. The Morgan fingerprint density at radius 3 is 2.24 bits per heavy atom. The molecule has 6 heteroatoms. The van der Waals surface area contributed by atoms with Gasteiger partial charge >= 0.3 is 5.97 Å². The van der Waals surface area contributed by atoms with Crippen LogP contribution in [0.2, 0.25) is 0 Å². The van der Waals surface area contributed by atoms with E-state index in [9.17, 15) is 9.59 Å². The molecule has 0 saturated carbocycles. The second-order valence-electron chi connectivity index (χ2n) is 5.30. The number of para-hydroxylation sites is 3. The molecule has 0 aromatic heterocycles. The molecular formula is C19H21NO5. The number of rotatable bonds is 7. The highest BCUT2D eigenvalue weighted by Gasteiger charge is 2.22. The number of methoxy groups -OCH3 is 1. The minimum absolute atomic E-state index is 0.312. The third-order valence-corrected chi connectivity index (χ3v) is 3.54. The van der Waals surface area contributed by atoms with Crippen molar-refractivity contribution in [1.82, 2.24) is 0 Å². The van der Waals surface area contributed by atoms with Crippen molar-refractivity contribution in [2.75, 3.05) is 25.7 Å². The molecule has 0 radical (unpaired) electrons. The molecule has 25 heavy (non-hydrogen) atoms. The highest BCUT2D eigenvalue weighted by atomic mass is 16.6. The van der Waals surface area contributed by atoms with Gasteiger partial charge in [0.05, 0.1) is 7.11 Å². The van der Waals surface area contributed by atoms with E-state index in [1.807, 2.05) is 18.2 Å². The molecule has 0 saturated heterocycles. The molecule has 0 aliphatic heterocycles. The van der Waals surface area contributed by atoms with Crippen LogP contribution in [0.4, 0.5) is 5.69 Å². The van der Waals surface area contributed by atoms with Crippen molar-refractivity contribution in [2.45, 2.75) is 13.0 Å². The SMILES string of the molecule is COc1ccccc1OCC(=O)OC(C)C(=O)N(C)c1ccccc1. The average molecular weight is 343 g/mol. The summed E-state index contributed by atoms with van der Waals surface area (Å²) < 4.78 is 15.7. The summed E-state index contributed by atoms with van der Waals surface area (Å²) in [7, 11) is 3.15. The smallest absolute Gasteiger partial charge is 0.344 e. The first-order chi connectivity index (χ1) is 12.0. The van der Waals surface area contributed by atoms with Crippen molar-refractivity contribution in [3.63, 3.8) is 0 Å². The summed E-state index contributed by atoms with van der Waals surface area (Å²) in [5.41, 5.74) is 0.723. The summed E-state index contributed by atoms with van der Waals surface area (Å²) in [6, 6.07) is 16.1. The van der Waals surface area contributed by atoms with E-state index in [1.165, 1.54) is 18.9 Å². The number of nitrogens with zero attached hydrogens (tertiary/aromatic N) is 1. The van der Waals surface area contributed by atoms with Crippen molar-refractivity contribution in [3.05, 3.63) is 54.6 Å². The summed E-state index contributed by atoms with van der Waals surface area (Å²) in [6.07, 6.45) is -0.918. The minimum Gasteiger partial charge on any atom is -0.493 e. The lowest BCUT2D eigenvalue weighted by Gasteiger charge is -2.21. The van der Waals surface area contributed by atoms with Crippen LogP contribution in [0.1, 0.15) is 6.92 Å². The van der Waals surface area contributed by atoms with Crippen LogP contribution in [-0.4, -0.2) is 38.7 Å². The third-order valence-electron chi connectivity index (χ3n) is 3.54. The van der Waals surface area contributed by atoms with Gasteiger partial charge in [-0.15, -0.1) is 0 Å². The Kier molecular flexibility index (Phi) is 6.39. The molecule has 0 spiro atoms. The molecule has 0 bridgehead atoms. The maximum absolute atomic E-state index is 12.3. The lowest BCUT2D eigenvalue weighted by Crippen LogP contribution is -2.38. The molecule has 1 amide bonds. The Morgan fingerprint density at radius 1 is 1.00 bits per heavy atom. The summed E-state index contributed by atoms with van der Waals surface area (Å²) in [5.74, 6) is -0.00405. The highest BCUT2D eigenvalue weighted by Crippen LogP contribution is 2.25. The molecule has 0 N–H and O–H groups in total. The van der Waals surface area contributed by atoms with Gasteiger partial charge in [-0.3, -0.25) is 4.79 Å². The first kappa shape index (κ1) is 18.3. The molecular weight excluding hydrogens is 322 g/mol. The molecule has 6 nitrogen and oxygen atoms in total. The number of esters is 1. The van der Waals surface area contributed by atoms with E-state index in [4.69, 9.17) is 14.2 Å². The van der Waals surface area contributed by atoms with Crippen LogP contribution in [0.5, 0.6) is 11.5 Å². The number of hydrogen-bond donors (Lipinski definition) is 0. The van der Waals surface area contributed by atoms with E-state index in [2.05, 4.69) is 0 Å². The van der Waals surface area contributed by atoms with Crippen LogP contribution < -0.4 is 14.4 Å². The van der Waals surface area contributed by atoms with Gasteiger partial charge < -0.3 is 19.1 Å². The molecule has 2 aromatic rings. The molecule has 1 atom stereocenters. The first-order valence-corrected chi connectivity index (χ1v) is 7.81. The molecule has 1 unspecified atom stereocenters. The maximum Gasteiger partial charge on any atom is 0.344 e. The van der Waals surface area contributed by atoms with Crippen LogP contribution in [0.3, 0.4) is 0 Å². The Morgan fingerprint density at radius 2 is 1.60 bits per heavy atom. The minimum atomic E-state index is -0.918. The van der Waals surface area contributed by atoms with Crippen molar-refractivity contribution in [2.24, 2.45) is 0 Å². The zero-order valence-corrected chi connectivity index (χ0v) is 14.5. The van der Waals surface area contributed by atoms with Gasteiger partial charge in [0.1, 0.15) is 0 Å². The molecule has 0 aliphatic rings.